The quantitative estimate of drug-likeness (QED) is 0.843. The fraction of sp³-hybridized carbons (Fsp3) is 0.550. The highest BCUT2D eigenvalue weighted by Crippen LogP contribution is 2.49. The summed E-state index contributed by atoms with van der Waals surface area (Å²) in [5.74, 6) is 2.29. The SMILES string of the molecule is CC(C)c1noc([C@@H]2CCCCN2C(=O)[C@@H]2C[C@@H]2c2ccccc2)n1. The molecule has 1 aliphatic carbocycles. The molecule has 2 fully saturated rings. The minimum atomic E-state index is -0.0572. The highest BCUT2D eigenvalue weighted by molar-refractivity contribution is 5.83. The van der Waals surface area contributed by atoms with Crippen LogP contribution in [0, 0.1) is 5.92 Å². The fourth-order valence-electron chi connectivity index (χ4n) is 3.82. The van der Waals surface area contributed by atoms with Crippen LogP contribution >= 0.6 is 0 Å². The molecule has 0 N–H and O–H groups in total. The Labute approximate surface area is 148 Å². The van der Waals surface area contributed by atoms with Gasteiger partial charge < -0.3 is 9.42 Å². The normalized spacial score (nSPS) is 26.0. The van der Waals surface area contributed by atoms with Gasteiger partial charge >= 0.3 is 0 Å². The highest BCUT2D eigenvalue weighted by atomic mass is 16.5. The van der Waals surface area contributed by atoms with Gasteiger partial charge in [0.25, 0.3) is 0 Å². The first-order chi connectivity index (χ1) is 12.1. The van der Waals surface area contributed by atoms with E-state index in [1.807, 2.05) is 36.9 Å². The molecule has 5 heteroatoms. The molecule has 1 aromatic carbocycles. The average molecular weight is 339 g/mol. The van der Waals surface area contributed by atoms with Gasteiger partial charge in [-0.05, 0) is 37.2 Å². The van der Waals surface area contributed by atoms with Gasteiger partial charge in [-0.3, -0.25) is 4.79 Å². The van der Waals surface area contributed by atoms with Crippen molar-refractivity contribution in [2.24, 2.45) is 5.92 Å². The number of aromatic nitrogens is 2. The van der Waals surface area contributed by atoms with E-state index in [9.17, 15) is 4.79 Å². The van der Waals surface area contributed by atoms with Crippen molar-refractivity contribution >= 4 is 5.91 Å². The molecule has 25 heavy (non-hydrogen) atoms. The molecular formula is C20H25N3O2. The van der Waals surface area contributed by atoms with Crippen LogP contribution in [0.4, 0.5) is 0 Å². The van der Waals surface area contributed by atoms with E-state index < -0.39 is 0 Å². The van der Waals surface area contributed by atoms with Crippen LogP contribution in [0.2, 0.25) is 0 Å². The molecule has 5 nitrogen and oxygen atoms in total. The van der Waals surface area contributed by atoms with Gasteiger partial charge in [-0.15, -0.1) is 0 Å². The van der Waals surface area contributed by atoms with Gasteiger partial charge in [0.1, 0.15) is 6.04 Å². The Bertz CT molecular complexity index is 740. The first kappa shape index (κ1) is 16.3. The molecule has 132 valence electrons. The minimum absolute atomic E-state index is 0.0572. The van der Waals surface area contributed by atoms with Crippen LogP contribution in [0.25, 0.3) is 0 Å². The largest absolute Gasteiger partial charge is 0.337 e. The van der Waals surface area contributed by atoms with Gasteiger partial charge in [0.15, 0.2) is 5.82 Å². The van der Waals surface area contributed by atoms with Crippen LogP contribution < -0.4 is 0 Å². The summed E-state index contributed by atoms with van der Waals surface area (Å²) in [6.45, 7) is 4.89. The number of benzene rings is 1. The van der Waals surface area contributed by atoms with Gasteiger partial charge in [-0.2, -0.15) is 4.98 Å². The second-order valence-corrected chi connectivity index (χ2v) is 7.55. The Balaban J connectivity index is 1.50. The molecule has 0 bridgehead atoms. The summed E-state index contributed by atoms with van der Waals surface area (Å²) < 4.78 is 5.50. The molecule has 2 heterocycles. The van der Waals surface area contributed by atoms with Crippen LogP contribution in [0.1, 0.15) is 74.7 Å². The molecule has 3 atom stereocenters. The maximum Gasteiger partial charge on any atom is 0.249 e. The number of nitrogens with zero attached hydrogens (tertiary/aromatic N) is 3. The first-order valence-electron chi connectivity index (χ1n) is 9.34. The molecule has 2 aromatic rings. The molecule has 1 aromatic heterocycles. The Kier molecular flexibility index (Phi) is 4.32. The summed E-state index contributed by atoms with van der Waals surface area (Å²) >= 11 is 0. The predicted octanol–water partition coefficient (Wildman–Crippen LogP) is 4.05. The van der Waals surface area contributed by atoms with Crippen LogP contribution in [-0.4, -0.2) is 27.5 Å². The Hall–Kier alpha value is -2.17. The van der Waals surface area contributed by atoms with Gasteiger partial charge in [-0.25, -0.2) is 0 Å². The van der Waals surface area contributed by atoms with E-state index in [2.05, 4.69) is 22.3 Å². The molecule has 1 saturated carbocycles. The summed E-state index contributed by atoms with van der Waals surface area (Å²) in [6, 6.07) is 10.3. The molecule has 1 amide bonds. The third-order valence-electron chi connectivity index (χ3n) is 5.38. The van der Waals surface area contributed by atoms with E-state index in [-0.39, 0.29) is 23.8 Å². The van der Waals surface area contributed by atoms with E-state index in [0.717, 1.165) is 38.1 Å². The topological polar surface area (TPSA) is 59.2 Å². The lowest BCUT2D eigenvalue weighted by atomic mass is 10.0. The highest BCUT2D eigenvalue weighted by Gasteiger charge is 2.47. The molecule has 2 aliphatic rings. The molecular weight excluding hydrogens is 314 g/mol. The predicted molar refractivity (Wildman–Crippen MR) is 94.0 cm³/mol. The first-order valence-corrected chi connectivity index (χ1v) is 9.34. The van der Waals surface area contributed by atoms with Crippen molar-refractivity contribution in [3.8, 4) is 0 Å². The number of piperidine rings is 1. The van der Waals surface area contributed by atoms with Crippen molar-refractivity contribution in [2.45, 2.75) is 57.4 Å². The molecule has 1 saturated heterocycles. The molecule has 0 spiro atoms. The van der Waals surface area contributed by atoms with Gasteiger partial charge in [0.05, 0.1) is 0 Å². The zero-order valence-electron chi connectivity index (χ0n) is 14.9. The smallest absolute Gasteiger partial charge is 0.249 e. The van der Waals surface area contributed by atoms with E-state index >= 15 is 0 Å². The Morgan fingerprint density at radius 1 is 1.24 bits per heavy atom. The number of carbonyl (C=O) groups is 1. The molecule has 0 unspecified atom stereocenters. The summed E-state index contributed by atoms with van der Waals surface area (Å²) in [6.07, 6.45) is 4.01. The van der Waals surface area contributed by atoms with Crippen LogP contribution in [-0.2, 0) is 4.79 Å². The van der Waals surface area contributed by atoms with Gasteiger partial charge in [0, 0.05) is 18.4 Å². The third-order valence-corrected chi connectivity index (χ3v) is 5.38. The summed E-state index contributed by atoms with van der Waals surface area (Å²) in [5, 5.41) is 4.08. The van der Waals surface area contributed by atoms with Crippen molar-refractivity contribution in [1.82, 2.24) is 15.0 Å². The number of amides is 1. The van der Waals surface area contributed by atoms with Crippen molar-refractivity contribution < 1.29 is 9.32 Å². The number of rotatable bonds is 4. The fourth-order valence-corrected chi connectivity index (χ4v) is 3.82. The second-order valence-electron chi connectivity index (χ2n) is 7.55. The lowest BCUT2D eigenvalue weighted by Gasteiger charge is -2.33. The number of carbonyl (C=O) groups excluding carboxylic acids is 1. The third kappa shape index (κ3) is 3.20. The van der Waals surface area contributed by atoms with E-state index in [1.54, 1.807) is 0 Å². The van der Waals surface area contributed by atoms with Crippen LogP contribution in [0.5, 0.6) is 0 Å². The Morgan fingerprint density at radius 2 is 2.04 bits per heavy atom. The lowest BCUT2D eigenvalue weighted by molar-refractivity contribution is -0.137. The van der Waals surface area contributed by atoms with Crippen molar-refractivity contribution in [3.05, 3.63) is 47.6 Å². The number of hydrogen-bond donors (Lipinski definition) is 0. The minimum Gasteiger partial charge on any atom is -0.337 e. The zero-order chi connectivity index (χ0) is 17.4. The average Bonchev–Trinajstić information content (AvgIpc) is 3.29. The number of hydrogen-bond acceptors (Lipinski definition) is 4. The summed E-state index contributed by atoms with van der Waals surface area (Å²) in [7, 11) is 0. The van der Waals surface area contributed by atoms with Gasteiger partial charge in [-0.1, -0.05) is 49.3 Å². The lowest BCUT2D eigenvalue weighted by Crippen LogP contribution is -2.39. The zero-order valence-corrected chi connectivity index (χ0v) is 14.9. The molecule has 0 radical (unpaired) electrons. The molecule has 4 rings (SSSR count). The van der Waals surface area contributed by atoms with Gasteiger partial charge in [0.2, 0.25) is 11.8 Å². The second kappa shape index (κ2) is 6.62. The van der Waals surface area contributed by atoms with E-state index in [0.29, 0.717) is 11.8 Å². The molecule has 1 aliphatic heterocycles. The van der Waals surface area contributed by atoms with Crippen molar-refractivity contribution in [2.75, 3.05) is 6.54 Å². The van der Waals surface area contributed by atoms with Crippen molar-refractivity contribution in [3.63, 3.8) is 0 Å². The van der Waals surface area contributed by atoms with Crippen LogP contribution in [0.15, 0.2) is 34.9 Å². The summed E-state index contributed by atoms with van der Waals surface area (Å²) in [5.41, 5.74) is 1.27. The van der Waals surface area contributed by atoms with E-state index in [4.69, 9.17) is 4.52 Å². The summed E-state index contributed by atoms with van der Waals surface area (Å²) in [4.78, 5) is 19.7. The number of likely N-dealkylation sites (tertiary alicyclic amines) is 1. The van der Waals surface area contributed by atoms with Crippen molar-refractivity contribution in [1.29, 1.82) is 0 Å². The standard InChI is InChI=1S/C20H25N3O2/c1-13(2)18-21-19(25-22-18)17-10-6-7-11-23(17)20(24)16-12-15(16)14-8-4-3-5-9-14/h3-5,8-9,13,15-17H,6-7,10-12H2,1-2H3/t15-,16-,17+/m1/s1. The van der Waals surface area contributed by atoms with E-state index in [1.165, 1.54) is 5.56 Å². The maximum absolute atomic E-state index is 13.1. The van der Waals surface area contributed by atoms with Crippen LogP contribution in [0.3, 0.4) is 0 Å². The Morgan fingerprint density at radius 3 is 2.76 bits per heavy atom. The monoisotopic (exact) mass is 339 g/mol. The maximum atomic E-state index is 13.1.